The van der Waals surface area contributed by atoms with Crippen molar-refractivity contribution in [3.63, 3.8) is 0 Å². The number of nitrogens with zero attached hydrogens (tertiary/aromatic N) is 2. The first kappa shape index (κ1) is 12.9. The molecule has 0 spiro atoms. The van der Waals surface area contributed by atoms with E-state index in [9.17, 15) is 4.39 Å². The Morgan fingerprint density at radius 3 is 2.85 bits per heavy atom. The van der Waals surface area contributed by atoms with Crippen LogP contribution in [0.15, 0.2) is 48.8 Å². The summed E-state index contributed by atoms with van der Waals surface area (Å²) >= 11 is 5.78. The Kier molecular flexibility index (Phi) is 3.56. The number of alkyl halides is 1. The van der Waals surface area contributed by atoms with Gasteiger partial charge in [0.1, 0.15) is 12.4 Å². The van der Waals surface area contributed by atoms with Crippen molar-refractivity contribution in [2.24, 2.45) is 0 Å². The summed E-state index contributed by atoms with van der Waals surface area (Å²) in [6.45, 7) is 0.162. The van der Waals surface area contributed by atoms with Crippen LogP contribution in [0.25, 0.3) is 5.65 Å². The van der Waals surface area contributed by atoms with E-state index in [0.717, 1.165) is 5.69 Å². The maximum Gasteiger partial charge on any atom is 0.179 e. The number of ether oxygens (including phenoxy) is 1. The third-order valence-electron chi connectivity index (χ3n) is 2.97. The van der Waals surface area contributed by atoms with E-state index >= 15 is 0 Å². The van der Waals surface area contributed by atoms with Gasteiger partial charge >= 0.3 is 0 Å². The van der Waals surface area contributed by atoms with Crippen LogP contribution in [0.3, 0.4) is 0 Å². The SMILES string of the molecule is Fc1ccccc1COc1cccn2cc(CCl)nc12. The molecule has 20 heavy (non-hydrogen) atoms. The predicted octanol–water partition coefficient (Wildman–Crippen LogP) is 3.79. The fraction of sp³-hybridized carbons (Fsp3) is 0.133. The van der Waals surface area contributed by atoms with E-state index in [2.05, 4.69) is 4.98 Å². The number of hydrogen-bond donors (Lipinski definition) is 0. The highest BCUT2D eigenvalue weighted by Crippen LogP contribution is 2.21. The van der Waals surface area contributed by atoms with Crippen LogP contribution in [0.5, 0.6) is 5.75 Å². The van der Waals surface area contributed by atoms with E-state index < -0.39 is 0 Å². The molecule has 0 unspecified atom stereocenters. The van der Waals surface area contributed by atoms with Crippen LogP contribution >= 0.6 is 11.6 Å². The number of imidazole rings is 1. The summed E-state index contributed by atoms with van der Waals surface area (Å²) in [6, 6.07) is 10.2. The van der Waals surface area contributed by atoms with Crippen LogP contribution in [0.1, 0.15) is 11.3 Å². The van der Waals surface area contributed by atoms with E-state index in [1.165, 1.54) is 6.07 Å². The Bertz CT molecular complexity index is 742. The van der Waals surface area contributed by atoms with Crippen molar-refractivity contribution in [1.29, 1.82) is 0 Å². The molecule has 0 atom stereocenters. The zero-order chi connectivity index (χ0) is 13.9. The summed E-state index contributed by atoms with van der Waals surface area (Å²) in [6.07, 6.45) is 3.71. The van der Waals surface area contributed by atoms with Crippen LogP contribution in [0, 0.1) is 5.82 Å². The number of halogens is 2. The van der Waals surface area contributed by atoms with Gasteiger partial charge in [0.2, 0.25) is 0 Å². The lowest BCUT2D eigenvalue weighted by Crippen LogP contribution is -1.99. The van der Waals surface area contributed by atoms with Crippen molar-refractivity contribution in [2.75, 3.05) is 0 Å². The van der Waals surface area contributed by atoms with Crippen molar-refractivity contribution < 1.29 is 9.13 Å². The summed E-state index contributed by atoms with van der Waals surface area (Å²) in [7, 11) is 0. The van der Waals surface area contributed by atoms with Crippen LogP contribution in [-0.2, 0) is 12.5 Å². The second-order valence-electron chi connectivity index (χ2n) is 4.35. The van der Waals surface area contributed by atoms with E-state index in [-0.39, 0.29) is 12.4 Å². The lowest BCUT2D eigenvalue weighted by molar-refractivity contribution is 0.301. The van der Waals surface area contributed by atoms with E-state index in [0.29, 0.717) is 22.8 Å². The fourth-order valence-electron chi connectivity index (χ4n) is 1.99. The molecule has 0 amide bonds. The molecule has 3 rings (SSSR count). The summed E-state index contributed by atoms with van der Waals surface area (Å²) < 4.78 is 21.1. The van der Waals surface area contributed by atoms with E-state index in [1.54, 1.807) is 24.3 Å². The van der Waals surface area contributed by atoms with Crippen molar-refractivity contribution in [2.45, 2.75) is 12.5 Å². The number of hydrogen-bond acceptors (Lipinski definition) is 2. The van der Waals surface area contributed by atoms with E-state index in [4.69, 9.17) is 16.3 Å². The van der Waals surface area contributed by atoms with Crippen molar-refractivity contribution in [3.05, 3.63) is 65.9 Å². The topological polar surface area (TPSA) is 26.5 Å². The first-order valence-corrected chi connectivity index (χ1v) is 6.70. The van der Waals surface area contributed by atoms with Gasteiger partial charge in [-0.15, -0.1) is 11.6 Å². The number of aromatic nitrogens is 2. The van der Waals surface area contributed by atoms with Gasteiger partial charge in [0.25, 0.3) is 0 Å². The number of benzene rings is 1. The third-order valence-corrected chi connectivity index (χ3v) is 3.25. The first-order chi connectivity index (χ1) is 9.78. The molecule has 2 heterocycles. The summed E-state index contributed by atoms with van der Waals surface area (Å²) in [4.78, 5) is 4.38. The molecule has 0 saturated carbocycles. The minimum absolute atomic E-state index is 0.162. The van der Waals surface area contributed by atoms with Gasteiger partial charge in [0.15, 0.2) is 11.4 Å². The Morgan fingerprint density at radius 2 is 2.05 bits per heavy atom. The number of pyridine rings is 1. The standard InChI is InChI=1S/C15H12ClFN2O/c16-8-12-9-19-7-3-6-14(15(19)18-12)20-10-11-4-1-2-5-13(11)17/h1-7,9H,8,10H2. The van der Waals surface area contributed by atoms with Crippen molar-refractivity contribution in [3.8, 4) is 5.75 Å². The molecule has 0 radical (unpaired) electrons. The van der Waals surface area contributed by atoms with Gasteiger partial charge in [-0.1, -0.05) is 18.2 Å². The summed E-state index contributed by atoms with van der Waals surface area (Å²) in [5, 5.41) is 0. The molecule has 0 bridgehead atoms. The maximum atomic E-state index is 13.5. The van der Waals surface area contributed by atoms with Gasteiger partial charge < -0.3 is 9.14 Å². The lowest BCUT2D eigenvalue weighted by Gasteiger charge is -2.07. The van der Waals surface area contributed by atoms with Gasteiger partial charge in [0, 0.05) is 18.0 Å². The number of fused-ring (bicyclic) bond motifs is 1. The smallest absolute Gasteiger partial charge is 0.179 e. The van der Waals surface area contributed by atoms with Gasteiger partial charge in [-0.3, -0.25) is 0 Å². The number of rotatable bonds is 4. The molecule has 0 aliphatic rings. The Labute approximate surface area is 120 Å². The highest BCUT2D eigenvalue weighted by molar-refractivity contribution is 6.16. The maximum absolute atomic E-state index is 13.5. The minimum Gasteiger partial charge on any atom is -0.485 e. The Morgan fingerprint density at radius 1 is 1.20 bits per heavy atom. The van der Waals surface area contributed by atoms with Gasteiger partial charge in [-0.05, 0) is 18.2 Å². The van der Waals surface area contributed by atoms with Crippen LogP contribution in [-0.4, -0.2) is 9.38 Å². The normalized spacial score (nSPS) is 10.9. The molecule has 0 aliphatic carbocycles. The highest BCUT2D eigenvalue weighted by atomic mass is 35.5. The van der Waals surface area contributed by atoms with Crippen LogP contribution < -0.4 is 4.74 Å². The van der Waals surface area contributed by atoms with Crippen molar-refractivity contribution in [1.82, 2.24) is 9.38 Å². The lowest BCUT2D eigenvalue weighted by atomic mass is 10.2. The Balaban J connectivity index is 1.87. The van der Waals surface area contributed by atoms with Gasteiger partial charge in [0.05, 0.1) is 11.6 Å². The first-order valence-electron chi connectivity index (χ1n) is 6.16. The molecule has 2 aromatic heterocycles. The molecule has 0 saturated heterocycles. The molecule has 0 fully saturated rings. The zero-order valence-corrected chi connectivity index (χ0v) is 11.3. The molecule has 102 valence electrons. The molecular formula is C15H12ClFN2O. The second-order valence-corrected chi connectivity index (χ2v) is 4.62. The highest BCUT2D eigenvalue weighted by Gasteiger charge is 2.08. The monoisotopic (exact) mass is 290 g/mol. The van der Waals surface area contributed by atoms with Gasteiger partial charge in [-0.2, -0.15) is 0 Å². The van der Waals surface area contributed by atoms with Crippen molar-refractivity contribution >= 4 is 17.2 Å². The molecule has 1 aromatic carbocycles. The summed E-state index contributed by atoms with van der Waals surface area (Å²) in [5.74, 6) is 0.672. The van der Waals surface area contributed by atoms with E-state index in [1.807, 2.05) is 22.9 Å². The third kappa shape index (κ3) is 2.47. The quantitative estimate of drug-likeness (QED) is 0.683. The van der Waals surface area contributed by atoms with Crippen LogP contribution in [0.2, 0.25) is 0 Å². The minimum atomic E-state index is -0.274. The molecule has 5 heteroatoms. The molecule has 0 N–H and O–H groups in total. The summed E-state index contributed by atoms with van der Waals surface area (Å²) in [5.41, 5.74) is 1.96. The predicted molar refractivity (Wildman–Crippen MR) is 75.5 cm³/mol. The van der Waals surface area contributed by atoms with Gasteiger partial charge in [-0.25, -0.2) is 9.37 Å². The molecule has 3 aromatic rings. The average Bonchev–Trinajstić information content (AvgIpc) is 2.90. The zero-order valence-electron chi connectivity index (χ0n) is 10.6. The average molecular weight is 291 g/mol. The largest absolute Gasteiger partial charge is 0.485 e. The fourth-order valence-corrected chi connectivity index (χ4v) is 2.11. The molecule has 0 aliphatic heterocycles. The Hall–Kier alpha value is -2.07. The molecule has 3 nitrogen and oxygen atoms in total. The second kappa shape index (κ2) is 5.51. The molecular weight excluding hydrogens is 279 g/mol. The van der Waals surface area contributed by atoms with Crippen LogP contribution in [0.4, 0.5) is 4.39 Å².